The van der Waals surface area contributed by atoms with Crippen LogP contribution >= 0.6 is 0 Å². The van der Waals surface area contributed by atoms with E-state index in [0.717, 1.165) is 50.9 Å². The zero-order valence-corrected chi connectivity index (χ0v) is 14.7. The first-order valence-electron chi connectivity index (χ1n) is 9.27. The second kappa shape index (κ2) is 9.33. The highest BCUT2D eigenvalue weighted by Gasteiger charge is 2.26. The van der Waals surface area contributed by atoms with Crippen LogP contribution in [0.3, 0.4) is 0 Å². The Balaban J connectivity index is 1.32. The lowest BCUT2D eigenvalue weighted by Crippen LogP contribution is -2.31. The molecule has 0 atom stereocenters. The summed E-state index contributed by atoms with van der Waals surface area (Å²) in [4.78, 5) is 16.3. The van der Waals surface area contributed by atoms with Gasteiger partial charge in [-0.2, -0.15) is 0 Å². The van der Waals surface area contributed by atoms with Gasteiger partial charge in [0.1, 0.15) is 0 Å². The summed E-state index contributed by atoms with van der Waals surface area (Å²) in [6.07, 6.45) is 8.72. The van der Waals surface area contributed by atoms with Gasteiger partial charge >= 0.3 is 0 Å². The molecule has 1 fully saturated rings. The van der Waals surface area contributed by atoms with E-state index in [-0.39, 0.29) is 11.8 Å². The lowest BCUT2D eigenvalue weighted by molar-refractivity contribution is -0.121. The molecule has 3 rings (SSSR count). The smallest absolute Gasteiger partial charge is 0.227 e. The Kier molecular flexibility index (Phi) is 6.57. The van der Waals surface area contributed by atoms with E-state index in [1.54, 1.807) is 12.4 Å². The number of benzene rings is 1. The third-order valence-electron chi connectivity index (χ3n) is 5.03. The molecule has 0 saturated heterocycles. The molecule has 132 valence electrons. The lowest BCUT2D eigenvalue weighted by atomic mass is 9.81. The Hall–Kier alpha value is -2.20. The van der Waals surface area contributed by atoms with E-state index in [1.165, 1.54) is 5.56 Å². The first-order chi connectivity index (χ1) is 12.3. The summed E-state index contributed by atoms with van der Waals surface area (Å²) < 4.78 is 0. The largest absolute Gasteiger partial charge is 0.326 e. The molecule has 1 amide bonds. The molecule has 1 aliphatic carbocycles. The Morgan fingerprint density at radius 1 is 1.00 bits per heavy atom. The van der Waals surface area contributed by atoms with Crippen molar-refractivity contribution in [3.05, 3.63) is 60.4 Å². The summed E-state index contributed by atoms with van der Waals surface area (Å²) in [6, 6.07) is 14.3. The fraction of sp³-hybridized carbons (Fsp3) is 0.429. The van der Waals surface area contributed by atoms with E-state index >= 15 is 0 Å². The molecule has 1 heterocycles. The number of rotatable bonds is 7. The van der Waals surface area contributed by atoms with Crippen molar-refractivity contribution >= 4 is 11.6 Å². The molecule has 4 nitrogen and oxygen atoms in total. The van der Waals surface area contributed by atoms with E-state index in [2.05, 4.69) is 45.9 Å². The zero-order valence-electron chi connectivity index (χ0n) is 14.7. The van der Waals surface area contributed by atoms with Crippen molar-refractivity contribution in [2.75, 3.05) is 18.4 Å². The lowest BCUT2D eigenvalue weighted by Gasteiger charge is -2.28. The molecule has 1 saturated carbocycles. The van der Waals surface area contributed by atoms with Crippen molar-refractivity contribution in [1.82, 2.24) is 10.3 Å². The van der Waals surface area contributed by atoms with Gasteiger partial charge in [0.05, 0.1) is 0 Å². The maximum absolute atomic E-state index is 12.3. The number of carbonyl (C=O) groups excluding carboxylic acids is 1. The number of hydrogen-bond acceptors (Lipinski definition) is 3. The molecule has 0 spiro atoms. The predicted octanol–water partition coefficient (Wildman–Crippen LogP) is 3.66. The second-order valence-electron chi connectivity index (χ2n) is 6.88. The standard InChI is InChI=1S/C21H27N3O/c25-21(24-20-11-14-22-15-12-20)19-8-6-18(7-9-19)16-23-13-10-17-4-2-1-3-5-17/h1-5,11-12,14-15,18-19,23H,6-10,13,16H2,(H,22,24,25)/t18-,19-. The number of carbonyl (C=O) groups is 1. The minimum absolute atomic E-state index is 0.147. The van der Waals surface area contributed by atoms with E-state index in [9.17, 15) is 4.79 Å². The van der Waals surface area contributed by atoms with Gasteiger partial charge in [0.25, 0.3) is 0 Å². The third kappa shape index (κ3) is 5.68. The van der Waals surface area contributed by atoms with Gasteiger partial charge < -0.3 is 10.6 Å². The number of hydrogen-bond donors (Lipinski definition) is 2. The molecule has 0 unspecified atom stereocenters. The maximum Gasteiger partial charge on any atom is 0.227 e. The van der Waals surface area contributed by atoms with Gasteiger partial charge in [-0.15, -0.1) is 0 Å². The van der Waals surface area contributed by atoms with Gasteiger partial charge in [-0.3, -0.25) is 9.78 Å². The van der Waals surface area contributed by atoms with E-state index < -0.39 is 0 Å². The third-order valence-corrected chi connectivity index (χ3v) is 5.03. The van der Waals surface area contributed by atoms with E-state index in [4.69, 9.17) is 0 Å². The molecule has 0 aliphatic heterocycles. The molecular formula is C21H27N3O. The van der Waals surface area contributed by atoms with Crippen LogP contribution in [0.25, 0.3) is 0 Å². The van der Waals surface area contributed by atoms with Crippen molar-refractivity contribution < 1.29 is 4.79 Å². The Morgan fingerprint density at radius 2 is 1.72 bits per heavy atom. The Labute approximate surface area is 150 Å². The van der Waals surface area contributed by atoms with Crippen LogP contribution < -0.4 is 10.6 Å². The van der Waals surface area contributed by atoms with Gasteiger partial charge in [-0.25, -0.2) is 0 Å². The Morgan fingerprint density at radius 3 is 2.44 bits per heavy atom. The number of nitrogens with zero attached hydrogens (tertiary/aromatic N) is 1. The normalized spacial score (nSPS) is 20.2. The second-order valence-corrected chi connectivity index (χ2v) is 6.88. The molecule has 1 aliphatic rings. The molecular weight excluding hydrogens is 310 g/mol. The van der Waals surface area contributed by atoms with Crippen molar-refractivity contribution in [2.24, 2.45) is 11.8 Å². The number of amides is 1. The van der Waals surface area contributed by atoms with E-state index in [0.29, 0.717) is 5.92 Å². The molecule has 4 heteroatoms. The van der Waals surface area contributed by atoms with Crippen LogP contribution in [-0.2, 0) is 11.2 Å². The monoisotopic (exact) mass is 337 g/mol. The predicted molar refractivity (Wildman–Crippen MR) is 101 cm³/mol. The summed E-state index contributed by atoms with van der Waals surface area (Å²) in [6.45, 7) is 2.08. The van der Waals surface area contributed by atoms with Gasteiger partial charge in [-0.05, 0) is 68.8 Å². The van der Waals surface area contributed by atoms with Crippen LogP contribution in [0.1, 0.15) is 31.2 Å². The van der Waals surface area contributed by atoms with Crippen molar-refractivity contribution in [1.29, 1.82) is 0 Å². The van der Waals surface area contributed by atoms with Crippen LogP contribution in [-0.4, -0.2) is 24.0 Å². The minimum atomic E-state index is 0.147. The first kappa shape index (κ1) is 17.6. The van der Waals surface area contributed by atoms with Crippen LogP contribution in [0.4, 0.5) is 5.69 Å². The highest BCUT2D eigenvalue weighted by Crippen LogP contribution is 2.29. The maximum atomic E-state index is 12.3. The molecule has 25 heavy (non-hydrogen) atoms. The summed E-state index contributed by atoms with van der Waals surface area (Å²) in [7, 11) is 0. The molecule has 1 aromatic carbocycles. The highest BCUT2D eigenvalue weighted by molar-refractivity contribution is 5.92. The quantitative estimate of drug-likeness (QED) is 0.758. The fourth-order valence-electron chi connectivity index (χ4n) is 3.49. The van der Waals surface area contributed by atoms with E-state index in [1.807, 2.05) is 12.1 Å². The van der Waals surface area contributed by atoms with Crippen LogP contribution in [0.15, 0.2) is 54.9 Å². The van der Waals surface area contributed by atoms with Gasteiger partial charge in [0.15, 0.2) is 0 Å². The van der Waals surface area contributed by atoms with Gasteiger partial charge in [-0.1, -0.05) is 30.3 Å². The zero-order chi connectivity index (χ0) is 17.3. The number of pyridine rings is 1. The summed E-state index contributed by atoms with van der Waals surface area (Å²) in [5, 5.41) is 6.58. The topological polar surface area (TPSA) is 54.0 Å². The first-order valence-corrected chi connectivity index (χ1v) is 9.27. The van der Waals surface area contributed by atoms with Crippen LogP contribution in [0.2, 0.25) is 0 Å². The van der Waals surface area contributed by atoms with Crippen LogP contribution in [0.5, 0.6) is 0 Å². The highest BCUT2D eigenvalue weighted by atomic mass is 16.1. The summed E-state index contributed by atoms with van der Waals surface area (Å²) in [5.41, 5.74) is 2.22. The number of nitrogens with one attached hydrogen (secondary N) is 2. The molecule has 2 N–H and O–H groups in total. The molecule has 2 aromatic rings. The van der Waals surface area contributed by atoms with Gasteiger partial charge in [0, 0.05) is 24.0 Å². The van der Waals surface area contributed by atoms with Crippen molar-refractivity contribution in [3.8, 4) is 0 Å². The number of anilines is 1. The molecule has 0 radical (unpaired) electrons. The average molecular weight is 337 g/mol. The molecule has 1 aromatic heterocycles. The Bertz CT molecular complexity index is 637. The summed E-state index contributed by atoms with van der Waals surface area (Å²) >= 11 is 0. The average Bonchev–Trinajstić information content (AvgIpc) is 2.67. The molecule has 0 bridgehead atoms. The van der Waals surface area contributed by atoms with Crippen molar-refractivity contribution in [2.45, 2.75) is 32.1 Å². The summed E-state index contributed by atoms with van der Waals surface area (Å²) in [5.74, 6) is 0.996. The SMILES string of the molecule is O=C(Nc1ccncc1)[C@H]1CC[C@H](CNCCc2ccccc2)CC1. The van der Waals surface area contributed by atoms with Crippen LogP contribution in [0, 0.1) is 11.8 Å². The minimum Gasteiger partial charge on any atom is -0.326 e. The number of aromatic nitrogens is 1. The van der Waals surface area contributed by atoms with Crippen molar-refractivity contribution in [3.63, 3.8) is 0 Å². The van der Waals surface area contributed by atoms with Gasteiger partial charge in [0.2, 0.25) is 5.91 Å². The fourth-order valence-corrected chi connectivity index (χ4v) is 3.49.